The van der Waals surface area contributed by atoms with Crippen molar-refractivity contribution >= 4 is 5.91 Å². The Morgan fingerprint density at radius 2 is 2.12 bits per heavy atom. The minimum absolute atomic E-state index is 0.0573. The van der Waals surface area contributed by atoms with Gasteiger partial charge in [-0.2, -0.15) is 0 Å². The highest BCUT2D eigenvalue weighted by atomic mass is 16.5. The maximum absolute atomic E-state index is 13.0. The minimum atomic E-state index is -0.379. The van der Waals surface area contributed by atoms with Gasteiger partial charge in [0.2, 0.25) is 17.7 Å². The molecule has 0 aliphatic carbocycles. The molecular formula is C18H21N3O4. The number of rotatable bonds is 3. The predicted molar refractivity (Wildman–Crippen MR) is 88.3 cm³/mol. The second kappa shape index (κ2) is 6.48. The van der Waals surface area contributed by atoms with Crippen molar-refractivity contribution < 1.29 is 18.7 Å². The van der Waals surface area contributed by atoms with Gasteiger partial charge in [0.15, 0.2) is 6.10 Å². The summed E-state index contributed by atoms with van der Waals surface area (Å²) in [6.07, 6.45) is -0.379. The molecule has 0 N–H and O–H groups in total. The lowest BCUT2D eigenvalue weighted by Crippen LogP contribution is -2.44. The number of para-hydroxylation sites is 1. The van der Waals surface area contributed by atoms with Gasteiger partial charge in [0.1, 0.15) is 18.3 Å². The van der Waals surface area contributed by atoms with Gasteiger partial charge in [0, 0.05) is 18.0 Å². The SMILES string of the molecule is CC(C)c1nnc(C2CN(C(=O)C3COc4ccccc43)CCO2)o1. The Bertz CT molecular complexity index is 773. The number of benzene rings is 1. The van der Waals surface area contributed by atoms with Gasteiger partial charge in [0.05, 0.1) is 13.2 Å². The summed E-state index contributed by atoms with van der Waals surface area (Å²) in [5.74, 6) is 1.77. The first-order valence-corrected chi connectivity index (χ1v) is 8.59. The molecule has 0 spiro atoms. The van der Waals surface area contributed by atoms with Gasteiger partial charge in [-0.3, -0.25) is 4.79 Å². The molecule has 2 aliphatic rings. The van der Waals surface area contributed by atoms with Crippen LogP contribution in [0.4, 0.5) is 0 Å². The van der Waals surface area contributed by atoms with E-state index in [1.807, 2.05) is 43.0 Å². The van der Waals surface area contributed by atoms with Crippen molar-refractivity contribution in [3.8, 4) is 5.75 Å². The smallest absolute Gasteiger partial charge is 0.247 e. The largest absolute Gasteiger partial charge is 0.492 e. The van der Waals surface area contributed by atoms with E-state index in [-0.39, 0.29) is 23.8 Å². The molecule has 2 atom stereocenters. The Balaban J connectivity index is 1.48. The van der Waals surface area contributed by atoms with Gasteiger partial charge in [-0.25, -0.2) is 0 Å². The number of carbonyl (C=O) groups excluding carboxylic acids is 1. The first kappa shape index (κ1) is 16.1. The number of nitrogens with zero attached hydrogens (tertiary/aromatic N) is 3. The minimum Gasteiger partial charge on any atom is -0.492 e. The summed E-state index contributed by atoms with van der Waals surface area (Å²) < 4.78 is 17.1. The first-order valence-electron chi connectivity index (χ1n) is 8.59. The standard InChI is InChI=1S/C18H21N3O4/c1-11(2)16-19-20-17(25-16)15-9-21(7-8-23-15)18(22)13-10-24-14-6-4-3-5-12(13)14/h3-6,11,13,15H,7-10H2,1-2H3. The van der Waals surface area contributed by atoms with E-state index in [2.05, 4.69) is 10.2 Å². The molecule has 0 radical (unpaired) electrons. The number of carbonyl (C=O) groups is 1. The Morgan fingerprint density at radius 3 is 2.92 bits per heavy atom. The maximum Gasteiger partial charge on any atom is 0.247 e. The summed E-state index contributed by atoms with van der Waals surface area (Å²) >= 11 is 0. The molecule has 2 aliphatic heterocycles. The van der Waals surface area contributed by atoms with E-state index in [0.29, 0.717) is 38.1 Å². The molecule has 0 bridgehead atoms. The molecule has 1 saturated heterocycles. The molecule has 1 aromatic carbocycles. The highest BCUT2D eigenvalue weighted by Crippen LogP contribution is 2.35. The molecular weight excluding hydrogens is 322 g/mol. The van der Waals surface area contributed by atoms with Crippen molar-refractivity contribution in [1.82, 2.24) is 15.1 Å². The van der Waals surface area contributed by atoms with Gasteiger partial charge in [-0.05, 0) is 6.07 Å². The summed E-state index contributed by atoms with van der Waals surface area (Å²) in [6, 6.07) is 7.70. The number of morpholine rings is 1. The zero-order valence-electron chi connectivity index (χ0n) is 14.3. The first-order chi connectivity index (χ1) is 12.1. The van der Waals surface area contributed by atoms with Crippen LogP contribution in [0, 0.1) is 0 Å². The molecule has 1 aromatic heterocycles. The van der Waals surface area contributed by atoms with E-state index in [4.69, 9.17) is 13.9 Å². The normalized spacial score (nSPS) is 22.8. The average Bonchev–Trinajstić information content (AvgIpc) is 3.28. The number of hydrogen-bond donors (Lipinski definition) is 0. The van der Waals surface area contributed by atoms with E-state index in [0.717, 1.165) is 11.3 Å². The zero-order chi connectivity index (χ0) is 17.4. The Kier molecular flexibility index (Phi) is 4.17. The molecule has 7 nitrogen and oxygen atoms in total. The van der Waals surface area contributed by atoms with Gasteiger partial charge in [-0.1, -0.05) is 32.0 Å². The molecule has 0 saturated carbocycles. The lowest BCUT2D eigenvalue weighted by molar-refractivity contribution is -0.141. The van der Waals surface area contributed by atoms with E-state index in [1.165, 1.54) is 0 Å². The van der Waals surface area contributed by atoms with Crippen LogP contribution in [0.15, 0.2) is 28.7 Å². The number of ether oxygens (including phenoxy) is 2. The van der Waals surface area contributed by atoms with Crippen LogP contribution in [-0.4, -0.2) is 47.3 Å². The molecule has 1 amide bonds. The Morgan fingerprint density at radius 1 is 1.28 bits per heavy atom. The summed E-state index contributed by atoms with van der Waals surface area (Å²) in [4.78, 5) is 14.8. The fourth-order valence-electron chi connectivity index (χ4n) is 3.20. The Hall–Kier alpha value is -2.41. The van der Waals surface area contributed by atoms with Crippen LogP contribution >= 0.6 is 0 Å². The van der Waals surface area contributed by atoms with Crippen LogP contribution < -0.4 is 4.74 Å². The third kappa shape index (κ3) is 3.00. The van der Waals surface area contributed by atoms with Crippen LogP contribution in [-0.2, 0) is 9.53 Å². The van der Waals surface area contributed by atoms with E-state index in [1.54, 1.807) is 0 Å². The van der Waals surface area contributed by atoms with Gasteiger partial charge < -0.3 is 18.8 Å². The van der Waals surface area contributed by atoms with Crippen molar-refractivity contribution in [3.63, 3.8) is 0 Å². The number of aromatic nitrogens is 2. The average molecular weight is 343 g/mol. The lowest BCUT2D eigenvalue weighted by atomic mass is 9.99. The van der Waals surface area contributed by atoms with Crippen molar-refractivity contribution in [2.75, 3.05) is 26.3 Å². The molecule has 2 aromatic rings. The molecule has 4 rings (SSSR count). The van der Waals surface area contributed by atoms with E-state index in [9.17, 15) is 4.79 Å². The molecule has 7 heteroatoms. The highest BCUT2D eigenvalue weighted by Gasteiger charge is 2.36. The third-order valence-corrected chi connectivity index (χ3v) is 4.60. The second-order valence-electron chi connectivity index (χ2n) is 6.68. The highest BCUT2D eigenvalue weighted by molar-refractivity contribution is 5.85. The lowest BCUT2D eigenvalue weighted by Gasteiger charge is -2.32. The zero-order valence-corrected chi connectivity index (χ0v) is 14.3. The molecule has 2 unspecified atom stereocenters. The summed E-state index contributed by atoms with van der Waals surface area (Å²) in [6.45, 7) is 5.79. The summed E-state index contributed by atoms with van der Waals surface area (Å²) in [7, 11) is 0. The summed E-state index contributed by atoms with van der Waals surface area (Å²) in [5.41, 5.74) is 0.954. The van der Waals surface area contributed by atoms with E-state index < -0.39 is 0 Å². The number of hydrogen-bond acceptors (Lipinski definition) is 6. The number of fused-ring (bicyclic) bond motifs is 1. The van der Waals surface area contributed by atoms with Crippen LogP contribution in [0.1, 0.15) is 49.1 Å². The molecule has 1 fully saturated rings. The second-order valence-corrected chi connectivity index (χ2v) is 6.68. The summed E-state index contributed by atoms with van der Waals surface area (Å²) in [5, 5.41) is 8.13. The van der Waals surface area contributed by atoms with E-state index >= 15 is 0 Å². The maximum atomic E-state index is 13.0. The fourth-order valence-corrected chi connectivity index (χ4v) is 3.20. The van der Waals surface area contributed by atoms with Crippen LogP contribution in [0.3, 0.4) is 0 Å². The fraction of sp³-hybridized carbons (Fsp3) is 0.500. The van der Waals surface area contributed by atoms with Crippen LogP contribution in [0.25, 0.3) is 0 Å². The monoisotopic (exact) mass is 343 g/mol. The predicted octanol–water partition coefficient (Wildman–Crippen LogP) is 2.27. The molecule has 3 heterocycles. The van der Waals surface area contributed by atoms with Gasteiger partial charge >= 0.3 is 0 Å². The van der Waals surface area contributed by atoms with Gasteiger partial charge in [-0.15, -0.1) is 10.2 Å². The van der Waals surface area contributed by atoms with Crippen molar-refractivity contribution in [2.24, 2.45) is 0 Å². The van der Waals surface area contributed by atoms with Crippen LogP contribution in [0.2, 0.25) is 0 Å². The topological polar surface area (TPSA) is 77.7 Å². The third-order valence-electron chi connectivity index (χ3n) is 4.60. The van der Waals surface area contributed by atoms with Crippen molar-refractivity contribution in [2.45, 2.75) is 31.8 Å². The van der Waals surface area contributed by atoms with Crippen LogP contribution in [0.5, 0.6) is 5.75 Å². The number of amides is 1. The van der Waals surface area contributed by atoms with Crippen molar-refractivity contribution in [1.29, 1.82) is 0 Å². The molecule has 132 valence electrons. The van der Waals surface area contributed by atoms with Gasteiger partial charge in [0.25, 0.3) is 0 Å². The van der Waals surface area contributed by atoms with Crippen molar-refractivity contribution in [3.05, 3.63) is 41.6 Å². The Labute approximate surface area is 145 Å². The molecule has 25 heavy (non-hydrogen) atoms. The quantitative estimate of drug-likeness (QED) is 0.851.